The highest BCUT2D eigenvalue weighted by Gasteiger charge is 2.49. The van der Waals surface area contributed by atoms with Gasteiger partial charge in [-0.2, -0.15) is 0 Å². The quantitative estimate of drug-likeness (QED) is 0.164. The number of aliphatic hydroxyl groups excluding tert-OH is 4. The van der Waals surface area contributed by atoms with Crippen LogP contribution in [-0.2, 0) is 37.9 Å². The number of methoxy groups -OCH3 is 4. The Labute approximate surface area is 193 Å². The van der Waals surface area contributed by atoms with Crippen molar-refractivity contribution in [2.45, 2.75) is 73.9 Å². The summed E-state index contributed by atoms with van der Waals surface area (Å²) in [5, 5.41) is 43.0. The second-order valence-corrected chi connectivity index (χ2v) is 8.00. The maximum absolute atomic E-state index is 10.4. The van der Waals surface area contributed by atoms with Crippen LogP contribution in [0.1, 0.15) is 12.8 Å². The zero-order valence-corrected chi connectivity index (χ0v) is 19.6. The van der Waals surface area contributed by atoms with E-state index in [1.165, 1.54) is 28.4 Å². The molecule has 0 unspecified atom stereocenters. The van der Waals surface area contributed by atoms with E-state index in [0.717, 1.165) is 0 Å². The number of aliphatic hydroxyl groups is 4. The topological polar surface area (TPSA) is 167 Å². The molecule has 13 nitrogen and oxygen atoms in total. The lowest BCUT2D eigenvalue weighted by Gasteiger charge is -2.46. The van der Waals surface area contributed by atoms with E-state index in [1.807, 2.05) is 0 Å². The molecular formula is C20H39NO12. The van der Waals surface area contributed by atoms with Gasteiger partial charge in [0.1, 0.15) is 44.8 Å². The van der Waals surface area contributed by atoms with Crippen LogP contribution in [0, 0.1) is 0 Å². The number of ether oxygens (including phenoxy) is 8. The van der Waals surface area contributed by atoms with Gasteiger partial charge in [-0.1, -0.05) is 0 Å². The summed E-state index contributed by atoms with van der Waals surface area (Å²) in [4.78, 5) is 0. The van der Waals surface area contributed by atoms with Gasteiger partial charge in [0.25, 0.3) is 0 Å². The Morgan fingerprint density at radius 3 is 1.79 bits per heavy atom. The molecule has 2 saturated heterocycles. The molecule has 0 aromatic rings. The van der Waals surface area contributed by atoms with E-state index in [4.69, 9.17) is 37.9 Å². The van der Waals surface area contributed by atoms with Gasteiger partial charge < -0.3 is 63.6 Å². The van der Waals surface area contributed by atoms with Crippen molar-refractivity contribution in [3.63, 3.8) is 0 Å². The van der Waals surface area contributed by atoms with E-state index in [0.29, 0.717) is 12.8 Å². The third kappa shape index (κ3) is 7.48. The molecule has 0 saturated carbocycles. The van der Waals surface area contributed by atoms with Crippen LogP contribution < -0.4 is 5.32 Å². The fraction of sp³-hybridized carbons (Fsp3) is 1.00. The average Bonchev–Trinajstić information content (AvgIpc) is 2.83. The summed E-state index contributed by atoms with van der Waals surface area (Å²) in [6, 6.07) is -1.37. The third-order valence-electron chi connectivity index (χ3n) is 5.87. The van der Waals surface area contributed by atoms with Crippen LogP contribution in [-0.4, -0.2) is 137 Å². The molecule has 0 amide bonds. The standard InChI is InChI=1S/C20H39NO12/c1-26-8-30-17-13(6-5-11-14(23)16(25)15(24)12(7-22)21-11)33-20(29-4)19(32-10-28-3)18(17)31-9-27-2/h11-25H,5-10H2,1-4H3/t11-,12-,13-,14-,15-,16-,17-,18+,19-,20+/m1/s1. The fourth-order valence-electron chi connectivity index (χ4n) is 4.22. The van der Waals surface area contributed by atoms with Crippen LogP contribution in [0.2, 0.25) is 0 Å². The van der Waals surface area contributed by atoms with Crippen LogP contribution in [0.15, 0.2) is 0 Å². The van der Waals surface area contributed by atoms with Crippen molar-refractivity contribution >= 4 is 0 Å². The molecule has 0 spiro atoms. The highest BCUT2D eigenvalue weighted by Crippen LogP contribution is 2.32. The number of hydrogen-bond acceptors (Lipinski definition) is 13. The molecule has 196 valence electrons. The molecule has 10 atom stereocenters. The van der Waals surface area contributed by atoms with Gasteiger partial charge in [-0.25, -0.2) is 0 Å². The maximum Gasteiger partial charge on any atom is 0.186 e. The van der Waals surface area contributed by atoms with Gasteiger partial charge >= 0.3 is 0 Å². The van der Waals surface area contributed by atoms with Crippen molar-refractivity contribution in [1.82, 2.24) is 5.32 Å². The van der Waals surface area contributed by atoms with Crippen LogP contribution in [0.5, 0.6) is 0 Å². The molecular weight excluding hydrogens is 446 g/mol. The molecule has 2 aliphatic rings. The zero-order valence-electron chi connectivity index (χ0n) is 19.6. The van der Waals surface area contributed by atoms with Gasteiger partial charge in [0.15, 0.2) is 6.29 Å². The minimum Gasteiger partial charge on any atom is -0.395 e. The molecule has 13 heteroatoms. The van der Waals surface area contributed by atoms with E-state index < -0.39 is 67.7 Å². The lowest BCUT2D eigenvalue weighted by atomic mass is 9.86. The molecule has 0 aromatic heterocycles. The van der Waals surface area contributed by atoms with Gasteiger partial charge in [-0.05, 0) is 12.8 Å². The molecule has 2 fully saturated rings. The molecule has 2 heterocycles. The van der Waals surface area contributed by atoms with Crippen molar-refractivity contribution in [1.29, 1.82) is 0 Å². The number of hydrogen-bond donors (Lipinski definition) is 5. The van der Waals surface area contributed by atoms with E-state index in [9.17, 15) is 20.4 Å². The largest absolute Gasteiger partial charge is 0.395 e. The smallest absolute Gasteiger partial charge is 0.186 e. The van der Waals surface area contributed by atoms with Gasteiger partial charge in [0.2, 0.25) is 0 Å². The summed E-state index contributed by atoms with van der Waals surface area (Å²) in [6.45, 7) is -0.478. The second kappa shape index (κ2) is 14.8. The monoisotopic (exact) mass is 485 g/mol. The second-order valence-electron chi connectivity index (χ2n) is 8.00. The average molecular weight is 486 g/mol. The lowest BCUT2D eigenvalue weighted by molar-refractivity contribution is -0.334. The Morgan fingerprint density at radius 1 is 0.697 bits per heavy atom. The summed E-state index contributed by atoms with van der Waals surface area (Å²) in [5.74, 6) is 0. The van der Waals surface area contributed by atoms with Crippen molar-refractivity contribution in [3.05, 3.63) is 0 Å². The highest BCUT2D eigenvalue weighted by molar-refractivity contribution is 4.99. The third-order valence-corrected chi connectivity index (χ3v) is 5.87. The maximum atomic E-state index is 10.4. The summed E-state index contributed by atoms with van der Waals surface area (Å²) in [7, 11) is 5.95. The lowest BCUT2D eigenvalue weighted by Crippen LogP contribution is -2.66. The summed E-state index contributed by atoms with van der Waals surface area (Å²) in [6.07, 6.45) is -6.62. The molecule has 0 aliphatic carbocycles. The van der Waals surface area contributed by atoms with Crippen molar-refractivity contribution in [3.8, 4) is 0 Å². The van der Waals surface area contributed by atoms with Crippen LogP contribution in [0.3, 0.4) is 0 Å². The normalized spacial score (nSPS) is 39.6. The number of nitrogens with one attached hydrogen (secondary N) is 1. The fourth-order valence-corrected chi connectivity index (χ4v) is 4.22. The molecule has 2 aliphatic heterocycles. The Kier molecular flexibility index (Phi) is 12.9. The van der Waals surface area contributed by atoms with E-state index in [-0.39, 0.29) is 20.4 Å². The molecule has 2 rings (SSSR count). The molecule has 33 heavy (non-hydrogen) atoms. The molecule has 0 bridgehead atoms. The number of rotatable bonds is 14. The zero-order chi connectivity index (χ0) is 24.4. The SMILES string of the molecule is COCO[C@@H]1[C@@H](OCOC)[C@@H](OC)O[C@H](CC[C@H]2N[C@H](CO)[C@@H](O)[C@H](O)[C@@H]2O)[C@H]1OCOC. The minimum atomic E-state index is -1.39. The molecule has 5 N–H and O–H groups in total. The Morgan fingerprint density at radius 2 is 1.24 bits per heavy atom. The van der Waals surface area contributed by atoms with E-state index >= 15 is 0 Å². The van der Waals surface area contributed by atoms with Gasteiger partial charge in [0.05, 0.1) is 31.0 Å². The van der Waals surface area contributed by atoms with E-state index in [1.54, 1.807) is 0 Å². The van der Waals surface area contributed by atoms with Crippen LogP contribution in [0.25, 0.3) is 0 Å². The first-order valence-corrected chi connectivity index (χ1v) is 10.8. The minimum absolute atomic E-state index is 0.0245. The molecule has 0 radical (unpaired) electrons. The van der Waals surface area contributed by atoms with Gasteiger partial charge in [-0.15, -0.1) is 0 Å². The highest BCUT2D eigenvalue weighted by atomic mass is 16.8. The Hall–Kier alpha value is -0.520. The number of piperidine rings is 1. The summed E-state index contributed by atoms with van der Waals surface area (Å²) in [5.41, 5.74) is 0. The van der Waals surface area contributed by atoms with Crippen LogP contribution >= 0.6 is 0 Å². The van der Waals surface area contributed by atoms with E-state index in [2.05, 4.69) is 5.32 Å². The Bertz CT molecular complexity index is 529. The first-order chi connectivity index (χ1) is 15.9. The predicted molar refractivity (Wildman–Crippen MR) is 111 cm³/mol. The first kappa shape index (κ1) is 28.7. The first-order valence-electron chi connectivity index (χ1n) is 10.8. The van der Waals surface area contributed by atoms with Crippen molar-refractivity contribution in [2.75, 3.05) is 55.4 Å². The van der Waals surface area contributed by atoms with Crippen LogP contribution in [0.4, 0.5) is 0 Å². The Balaban J connectivity index is 2.18. The summed E-state index contributed by atoms with van der Waals surface area (Å²) < 4.78 is 44.3. The summed E-state index contributed by atoms with van der Waals surface area (Å²) >= 11 is 0. The van der Waals surface area contributed by atoms with Gasteiger partial charge in [0, 0.05) is 34.5 Å². The van der Waals surface area contributed by atoms with Gasteiger partial charge in [-0.3, -0.25) is 0 Å². The predicted octanol–water partition coefficient (Wildman–Crippen LogP) is -2.48. The van der Waals surface area contributed by atoms with Crippen molar-refractivity contribution < 1.29 is 58.3 Å². The molecule has 0 aromatic carbocycles. The van der Waals surface area contributed by atoms with Crippen molar-refractivity contribution in [2.24, 2.45) is 0 Å².